The predicted molar refractivity (Wildman–Crippen MR) is 78.9 cm³/mol. The van der Waals surface area contributed by atoms with Gasteiger partial charge >= 0.3 is 0 Å². The molecule has 1 atom stereocenters. The van der Waals surface area contributed by atoms with E-state index >= 15 is 0 Å². The molecule has 2 aromatic rings. The Morgan fingerprint density at radius 2 is 1.58 bits per heavy atom. The summed E-state index contributed by atoms with van der Waals surface area (Å²) in [4.78, 5) is 0. The first-order valence-corrected chi connectivity index (χ1v) is 6.81. The summed E-state index contributed by atoms with van der Waals surface area (Å²) in [6, 6.07) is 18.5. The molecule has 0 heterocycles. The van der Waals surface area contributed by atoms with Crippen LogP contribution in [0.25, 0.3) is 0 Å². The van der Waals surface area contributed by atoms with Crippen molar-refractivity contribution in [3.63, 3.8) is 0 Å². The molecule has 0 saturated heterocycles. The highest BCUT2D eigenvalue weighted by molar-refractivity contribution is 5.27. The summed E-state index contributed by atoms with van der Waals surface area (Å²) in [5.74, 6) is 0. The van der Waals surface area contributed by atoms with Crippen molar-refractivity contribution in [2.24, 2.45) is 0 Å². The second-order valence-electron chi connectivity index (χ2n) is 4.65. The molecule has 0 saturated carbocycles. The van der Waals surface area contributed by atoms with Gasteiger partial charge in [0.05, 0.1) is 12.6 Å². The zero-order valence-electron chi connectivity index (χ0n) is 11.3. The van der Waals surface area contributed by atoms with Crippen molar-refractivity contribution in [2.75, 3.05) is 6.61 Å². The molecule has 0 bridgehead atoms. The van der Waals surface area contributed by atoms with E-state index in [2.05, 4.69) is 36.5 Å². The zero-order valence-corrected chi connectivity index (χ0v) is 11.3. The fourth-order valence-corrected chi connectivity index (χ4v) is 2.28. The second kappa shape index (κ2) is 7.07. The van der Waals surface area contributed by atoms with Crippen LogP contribution in [0.3, 0.4) is 0 Å². The fourth-order valence-electron chi connectivity index (χ4n) is 2.28. The minimum atomic E-state index is -0.00823. The molecule has 0 aliphatic heterocycles. The molecular weight excluding hydrogens is 234 g/mol. The van der Waals surface area contributed by atoms with Gasteiger partial charge in [-0.2, -0.15) is 0 Å². The van der Waals surface area contributed by atoms with Crippen LogP contribution in [0.4, 0.5) is 0 Å². The quantitative estimate of drug-likeness (QED) is 0.831. The van der Waals surface area contributed by atoms with E-state index in [9.17, 15) is 5.11 Å². The van der Waals surface area contributed by atoms with Gasteiger partial charge in [0.25, 0.3) is 0 Å². The summed E-state index contributed by atoms with van der Waals surface area (Å²) < 4.78 is 0. The molecular formula is C17H21NO. The average molecular weight is 255 g/mol. The summed E-state index contributed by atoms with van der Waals surface area (Å²) in [5, 5.41) is 12.9. The third-order valence-corrected chi connectivity index (χ3v) is 3.42. The molecule has 0 unspecified atom stereocenters. The Morgan fingerprint density at radius 1 is 0.947 bits per heavy atom. The maximum Gasteiger partial charge on any atom is 0.0626 e. The smallest absolute Gasteiger partial charge is 0.0626 e. The van der Waals surface area contributed by atoms with Gasteiger partial charge in [-0.15, -0.1) is 0 Å². The fraction of sp³-hybridized carbons (Fsp3) is 0.294. The Labute approximate surface area is 115 Å². The normalized spacial score (nSPS) is 12.3. The summed E-state index contributed by atoms with van der Waals surface area (Å²) in [7, 11) is 0. The van der Waals surface area contributed by atoms with Crippen LogP contribution < -0.4 is 5.32 Å². The Bertz CT molecular complexity index is 496. The third kappa shape index (κ3) is 3.66. The van der Waals surface area contributed by atoms with Crippen molar-refractivity contribution in [2.45, 2.75) is 25.9 Å². The highest BCUT2D eigenvalue weighted by atomic mass is 16.3. The van der Waals surface area contributed by atoms with Crippen LogP contribution in [0.2, 0.25) is 0 Å². The SMILES string of the molecule is CCc1ccccc1CN[C@H](CO)c1ccccc1. The van der Waals surface area contributed by atoms with Crippen LogP contribution in [0.15, 0.2) is 54.6 Å². The van der Waals surface area contributed by atoms with Crippen LogP contribution in [-0.4, -0.2) is 11.7 Å². The largest absolute Gasteiger partial charge is 0.394 e. The predicted octanol–water partition coefficient (Wildman–Crippen LogP) is 3.07. The van der Waals surface area contributed by atoms with E-state index in [1.807, 2.05) is 30.3 Å². The van der Waals surface area contributed by atoms with E-state index in [4.69, 9.17) is 0 Å². The minimum Gasteiger partial charge on any atom is -0.394 e. The van der Waals surface area contributed by atoms with Crippen LogP contribution in [-0.2, 0) is 13.0 Å². The van der Waals surface area contributed by atoms with Crippen molar-refractivity contribution in [3.8, 4) is 0 Å². The molecule has 2 nitrogen and oxygen atoms in total. The standard InChI is InChI=1S/C17H21NO/c1-2-14-8-6-7-11-16(14)12-18-17(13-19)15-9-4-3-5-10-15/h3-11,17-19H,2,12-13H2,1H3/t17-/m1/s1. The molecule has 2 heteroatoms. The summed E-state index contributed by atoms with van der Waals surface area (Å²) in [5.41, 5.74) is 3.79. The lowest BCUT2D eigenvalue weighted by Gasteiger charge is -2.18. The molecule has 100 valence electrons. The van der Waals surface area contributed by atoms with Gasteiger partial charge in [-0.05, 0) is 23.1 Å². The molecule has 0 aliphatic carbocycles. The molecule has 0 radical (unpaired) electrons. The number of hydrogen-bond acceptors (Lipinski definition) is 2. The van der Waals surface area contributed by atoms with Crippen molar-refractivity contribution < 1.29 is 5.11 Å². The average Bonchev–Trinajstić information content (AvgIpc) is 2.49. The number of hydrogen-bond donors (Lipinski definition) is 2. The minimum absolute atomic E-state index is 0.00823. The van der Waals surface area contributed by atoms with E-state index in [-0.39, 0.29) is 12.6 Å². The van der Waals surface area contributed by atoms with Crippen molar-refractivity contribution in [3.05, 3.63) is 71.3 Å². The Morgan fingerprint density at radius 3 is 2.21 bits per heavy atom. The molecule has 0 fully saturated rings. The van der Waals surface area contributed by atoms with Gasteiger partial charge in [0.15, 0.2) is 0 Å². The Balaban J connectivity index is 2.04. The first-order chi connectivity index (χ1) is 9.35. The van der Waals surface area contributed by atoms with Crippen LogP contribution in [0.1, 0.15) is 29.7 Å². The summed E-state index contributed by atoms with van der Waals surface area (Å²) in [6.07, 6.45) is 1.03. The van der Waals surface area contributed by atoms with Crippen LogP contribution in [0.5, 0.6) is 0 Å². The van der Waals surface area contributed by atoms with Crippen LogP contribution >= 0.6 is 0 Å². The van der Waals surface area contributed by atoms with Gasteiger partial charge in [-0.3, -0.25) is 0 Å². The van der Waals surface area contributed by atoms with Crippen molar-refractivity contribution in [1.29, 1.82) is 0 Å². The maximum absolute atomic E-state index is 9.52. The van der Waals surface area contributed by atoms with E-state index in [1.54, 1.807) is 0 Å². The summed E-state index contributed by atoms with van der Waals surface area (Å²) in [6.45, 7) is 3.06. The van der Waals surface area contributed by atoms with Gasteiger partial charge in [0.2, 0.25) is 0 Å². The first kappa shape index (κ1) is 13.8. The first-order valence-electron chi connectivity index (χ1n) is 6.81. The molecule has 0 aliphatic rings. The van der Waals surface area contributed by atoms with E-state index in [1.165, 1.54) is 11.1 Å². The van der Waals surface area contributed by atoms with Crippen LogP contribution in [0, 0.1) is 0 Å². The Kier molecular flexibility index (Phi) is 5.13. The number of nitrogens with one attached hydrogen (secondary N) is 1. The third-order valence-electron chi connectivity index (χ3n) is 3.42. The van der Waals surface area contributed by atoms with Gasteiger partial charge in [0, 0.05) is 6.54 Å². The molecule has 0 aromatic heterocycles. The second-order valence-corrected chi connectivity index (χ2v) is 4.65. The summed E-state index contributed by atoms with van der Waals surface area (Å²) >= 11 is 0. The van der Waals surface area contributed by atoms with Gasteiger partial charge < -0.3 is 10.4 Å². The zero-order chi connectivity index (χ0) is 13.5. The van der Waals surface area contributed by atoms with E-state index < -0.39 is 0 Å². The number of benzene rings is 2. The molecule has 2 rings (SSSR count). The highest BCUT2D eigenvalue weighted by Gasteiger charge is 2.09. The molecule has 2 N–H and O–H groups in total. The molecule has 0 amide bonds. The number of aliphatic hydroxyl groups excluding tert-OH is 1. The molecule has 0 spiro atoms. The lowest BCUT2D eigenvalue weighted by Crippen LogP contribution is -2.24. The van der Waals surface area contributed by atoms with Gasteiger partial charge in [-0.1, -0.05) is 61.5 Å². The van der Waals surface area contributed by atoms with Crippen molar-refractivity contribution >= 4 is 0 Å². The van der Waals surface area contributed by atoms with E-state index in [0.29, 0.717) is 0 Å². The van der Waals surface area contributed by atoms with E-state index in [0.717, 1.165) is 18.5 Å². The maximum atomic E-state index is 9.52. The highest BCUT2D eigenvalue weighted by Crippen LogP contribution is 2.14. The molecule has 2 aromatic carbocycles. The topological polar surface area (TPSA) is 32.3 Å². The van der Waals surface area contributed by atoms with Crippen molar-refractivity contribution in [1.82, 2.24) is 5.32 Å². The lowest BCUT2D eigenvalue weighted by molar-refractivity contribution is 0.243. The molecule has 19 heavy (non-hydrogen) atoms. The lowest BCUT2D eigenvalue weighted by atomic mass is 10.0. The number of aryl methyl sites for hydroxylation is 1. The number of rotatable bonds is 6. The van der Waals surface area contributed by atoms with Gasteiger partial charge in [0.1, 0.15) is 0 Å². The van der Waals surface area contributed by atoms with Gasteiger partial charge in [-0.25, -0.2) is 0 Å². The number of aliphatic hydroxyl groups is 1. The monoisotopic (exact) mass is 255 g/mol. The Hall–Kier alpha value is -1.64.